The lowest BCUT2D eigenvalue weighted by Gasteiger charge is -2.20. The Labute approximate surface area is 180 Å². The van der Waals surface area contributed by atoms with Gasteiger partial charge in [0.1, 0.15) is 17.3 Å². The number of benzene rings is 2. The molecule has 0 radical (unpaired) electrons. The smallest absolute Gasteiger partial charge is 0.296 e. The number of anilines is 3. The summed E-state index contributed by atoms with van der Waals surface area (Å²) in [7, 11) is 1.45. The topological polar surface area (TPSA) is 122 Å². The van der Waals surface area contributed by atoms with Crippen molar-refractivity contribution in [1.29, 1.82) is 0 Å². The van der Waals surface area contributed by atoms with Gasteiger partial charge in [-0.1, -0.05) is 44.2 Å². The lowest BCUT2D eigenvalue weighted by atomic mass is 10.1. The van der Waals surface area contributed by atoms with Crippen molar-refractivity contribution in [2.45, 2.75) is 19.9 Å². The van der Waals surface area contributed by atoms with Crippen molar-refractivity contribution >= 4 is 23.1 Å². The van der Waals surface area contributed by atoms with Gasteiger partial charge in [0.25, 0.3) is 5.69 Å². The van der Waals surface area contributed by atoms with Gasteiger partial charge in [-0.3, -0.25) is 10.1 Å². The van der Waals surface area contributed by atoms with Crippen LogP contribution < -0.4 is 15.4 Å². The maximum atomic E-state index is 11.5. The standard InChI is InChI=1S/C22H25N5O4/c1-14(2)19(13-28)25-22-24-18(15-7-5-4-6-8-15)12-21(26-22)23-17-10-9-16(31-3)11-20(17)27(29)30/h4-12,14,19,28H,13H2,1-3H3,(H2,23,24,25,26)/t19-/m1/s1. The minimum atomic E-state index is -0.482. The number of rotatable bonds is 9. The Kier molecular flexibility index (Phi) is 6.99. The predicted molar refractivity (Wildman–Crippen MR) is 120 cm³/mol. The first-order chi connectivity index (χ1) is 14.9. The first kappa shape index (κ1) is 22.0. The van der Waals surface area contributed by atoms with Crippen LogP contribution in [0.3, 0.4) is 0 Å². The van der Waals surface area contributed by atoms with E-state index in [0.717, 1.165) is 5.56 Å². The van der Waals surface area contributed by atoms with Crippen LogP contribution in [-0.2, 0) is 0 Å². The van der Waals surface area contributed by atoms with E-state index in [1.807, 2.05) is 44.2 Å². The highest BCUT2D eigenvalue weighted by atomic mass is 16.6. The highest BCUT2D eigenvalue weighted by molar-refractivity contribution is 5.72. The van der Waals surface area contributed by atoms with E-state index in [2.05, 4.69) is 20.6 Å². The van der Waals surface area contributed by atoms with Crippen LogP contribution in [0.1, 0.15) is 13.8 Å². The molecule has 31 heavy (non-hydrogen) atoms. The molecule has 0 aliphatic heterocycles. The number of methoxy groups -OCH3 is 1. The Morgan fingerprint density at radius 1 is 1.13 bits per heavy atom. The number of nitro groups is 1. The number of nitro benzene ring substituents is 1. The lowest BCUT2D eigenvalue weighted by Crippen LogP contribution is -2.30. The highest BCUT2D eigenvalue weighted by Gasteiger charge is 2.18. The largest absolute Gasteiger partial charge is 0.496 e. The Bertz CT molecular complexity index is 1040. The Morgan fingerprint density at radius 3 is 2.48 bits per heavy atom. The molecule has 0 unspecified atom stereocenters. The third-order valence-corrected chi connectivity index (χ3v) is 4.78. The number of hydrogen-bond donors (Lipinski definition) is 3. The molecule has 1 aromatic heterocycles. The van der Waals surface area contributed by atoms with Gasteiger partial charge in [0.15, 0.2) is 0 Å². The van der Waals surface area contributed by atoms with E-state index in [-0.39, 0.29) is 29.9 Å². The molecular formula is C22H25N5O4. The van der Waals surface area contributed by atoms with Crippen molar-refractivity contribution < 1.29 is 14.8 Å². The molecule has 0 bridgehead atoms. The minimum absolute atomic E-state index is 0.0801. The summed E-state index contributed by atoms with van der Waals surface area (Å²) in [5, 5.41) is 27.4. The van der Waals surface area contributed by atoms with Gasteiger partial charge in [0.05, 0.1) is 36.4 Å². The second-order valence-corrected chi connectivity index (χ2v) is 7.27. The molecule has 2 aromatic carbocycles. The predicted octanol–water partition coefficient (Wildman–Crippen LogP) is 4.23. The SMILES string of the molecule is COc1ccc(Nc2cc(-c3ccccc3)nc(N[C@H](CO)C(C)C)n2)c([N+](=O)[O-])c1. The quantitative estimate of drug-likeness (QED) is 0.345. The fourth-order valence-corrected chi connectivity index (χ4v) is 2.95. The van der Waals surface area contributed by atoms with Crippen LogP contribution in [0.5, 0.6) is 5.75 Å². The fourth-order valence-electron chi connectivity index (χ4n) is 2.95. The first-order valence-corrected chi connectivity index (χ1v) is 9.82. The number of hydrogen-bond acceptors (Lipinski definition) is 8. The molecule has 3 aromatic rings. The Hall–Kier alpha value is -3.72. The van der Waals surface area contributed by atoms with Crippen molar-refractivity contribution in [2.75, 3.05) is 24.4 Å². The number of nitrogens with zero attached hydrogens (tertiary/aromatic N) is 3. The van der Waals surface area contributed by atoms with Crippen molar-refractivity contribution in [2.24, 2.45) is 5.92 Å². The zero-order valence-electron chi connectivity index (χ0n) is 17.6. The summed E-state index contributed by atoms with van der Waals surface area (Å²) in [5.41, 5.74) is 1.64. The fraction of sp³-hybridized carbons (Fsp3) is 0.273. The molecule has 0 spiro atoms. The van der Waals surface area contributed by atoms with E-state index in [1.54, 1.807) is 18.2 Å². The van der Waals surface area contributed by atoms with E-state index in [9.17, 15) is 15.2 Å². The second kappa shape index (κ2) is 9.86. The third-order valence-electron chi connectivity index (χ3n) is 4.78. The Morgan fingerprint density at radius 2 is 1.87 bits per heavy atom. The third kappa shape index (κ3) is 5.46. The molecule has 3 N–H and O–H groups in total. The first-order valence-electron chi connectivity index (χ1n) is 9.82. The van der Waals surface area contributed by atoms with Gasteiger partial charge >= 0.3 is 0 Å². The number of aliphatic hydroxyl groups excluding tert-OH is 1. The van der Waals surface area contributed by atoms with E-state index in [4.69, 9.17) is 4.74 Å². The molecule has 0 aliphatic carbocycles. The normalized spacial score (nSPS) is 11.8. The summed E-state index contributed by atoms with van der Waals surface area (Å²) >= 11 is 0. The van der Waals surface area contributed by atoms with Gasteiger partial charge in [0.2, 0.25) is 5.95 Å². The van der Waals surface area contributed by atoms with E-state index >= 15 is 0 Å². The van der Waals surface area contributed by atoms with Crippen LogP contribution in [0, 0.1) is 16.0 Å². The van der Waals surface area contributed by atoms with Gasteiger partial charge in [-0.25, -0.2) is 4.98 Å². The molecule has 0 fully saturated rings. The van der Waals surface area contributed by atoms with Crippen LogP contribution >= 0.6 is 0 Å². The van der Waals surface area contributed by atoms with Crippen molar-refractivity contribution in [3.05, 3.63) is 64.7 Å². The number of aromatic nitrogens is 2. The van der Waals surface area contributed by atoms with E-state index in [1.165, 1.54) is 13.2 Å². The summed E-state index contributed by atoms with van der Waals surface area (Å²) < 4.78 is 5.09. The van der Waals surface area contributed by atoms with Gasteiger partial charge < -0.3 is 20.5 Å². The van der Waals surface area contributed by atoms with Gasteiger partial charge in [-0.05, 0) is 18.1 Å². The molecule has 0 saturated carbocycles. The van der Waals surface area contributed by atoms with E-state index < -0.39 is 4.92 Å². The molecule has 0 aliphatic rings. The Balaban J connectivity index is 2.03. The molecule has 1 atom stereocenters. The zero-order chi connectivity index (χ0) is 22.4. The van der Waals surface area contributed by atoms with Crippen LogP contribution in [0.2, 0.25) is 0 Å². The maximum Gasteiger partial charge on any atom is 0.296 e. The second-order valence-electron chi connectivity index (χ2n) is 7.27. The molecule has 0 saturated heterocycles. The van der Waals surface area contributed by atoms with Gasteiger partial charge in [-0.2, -0.15) is 4.98 Å². The molecule has 162 valence electrons. The summed E-state index contributed by atoms with van der Waals surface area (Å²) in [6.07, 6.45) is 0. The van der Waals surface area contributed by atoms with Crippen LogP contribution in [0.4, 0.5) is 23.1 Å². The maximum absolute atomic E-state index is 11.5. The van der Waals surface area contributed by atoms with Crippen LogP contribution in [0.15, 0.2) is 54.6 Å². The van der Waals surface area contributed by atoms with E-state index in [0.29, 0.717) is 23.2 Å². The molecular weight excluding hydrogens is 398 g/mol. The average Bonchev–Trinajstić information content (AvgIpc) is 2.77. The average molecular weight is 423 g/mol. The van der Waals surface area contributed by atoms with Crippen LogP contribution in [-0.4, -0.2) is 39.8 Å². The number of aliphatic hydroxyl groups is 1. The molecule has 1 heterocycles. The molecule has 9 nitrogen and oxygen atoms in total. The molecule has 9 heteroatoms. The summed E-state index contributed by atoms with van der Waals surface area (Å²) in [6.45, 7) is 3.88. The molecule has 3 rings (SSSR count). The zero-order valence-corrected chi connectivity index (χ0v) is 17.6. The number of nitrogens with one attached hydrogen (secondary N) is 2. The van der Waals surface area contributed by atoms with Gasteiger partial charge in [-0.15, -0.1) is 0 Å². The van der Waals surface area contributed by atoms with Crippen molar-refractivity contribution in [3.63, 3.8) is 0 Å². The molecule has 0 amide bonds. The minimum Gasteiger partial charge on any atom is -0.496 e. The van der Waals surface area contributed by atoms with Crippen LogP contribution in [0.25, 0.3) is 11.3 Å². The summed E-state index contributed by atoms with van der Waals surface area (Å²) in [4.78, 5) is 20.1. The van der Waals surface area contributed by atoms with Crippen molar-refractivity contribution in [1.82, 2.24) is 9.97 Å². The summed E-state index contributed by atoms with van der Waals surface area (Å²) in [5.74, 6) is 1.22. The summed E-state index contributed by atoms with van der Waals surface area (Å²) in [6, 6.07) is 15.6. The van der Waals surface area contributed by atoms with Crippen molar-refractivity contribution in [3.8, 4) is 17.0 Å². The monoisotopic (exact) mass is 423 g/mol. The highest BCUT2D eigenvalue weighted by Crippen LogP contribution is 2.32. The lowest BCUT2D eigenvalue weighted by molar-refractivity contribution is -0.384. The van der Waals surface area contributed by atoms with Gasteiger partial charge in [0, 0.05) is 11.6 Å². The number of ether oxygens (including phenoxy) is 1.